The van der Waals surface area contributed by atoms with Crippen LogP contribution in [0.3, 0.4) is 0 Å². The first kappa shape index (κ1) is 28.3. The van der Waals surface area contributed by atoms with Crippen LogP contribution in [0.2, 0.25) is 0 Å². The number of pyridine rings is 2. The Morgan fingerprint density at radius 2 is 1.97 bits per heavy atom. The number of halogens is 3. The monoisotopic (exact) mass is 548 g/mol. The molecule has 1 aromatic carbocycles. The molecule has 0 aliphatic rings. The third-order valence-electron chi connectivity index (χ3n) is 5.77. The highest BCUT2D eigenvalue weighted by atomic mass is 32.2. The minimum Gasteiger partial charge on any atom is -0.348 e. The van der Waals surface area contributed by atoms with Crippen LogP contribution in [0.1, 0.15) is 47.2 Å². The standard InChI is InChI=1S/C25H24F3N5O4S/c1-15(2)32-13-21(23(34)22(16(32)3)17-6-5-7-18(10-17)25(26,27)28)24(35)30-11-19-8-9-20(12-33(19)36)38(4,37)31-14-29/h5-10,12-13,15H,4,11H2,1-3H3,(H2-,30,31,35,36,37)/p+1. The van der Waals surface area contributed by atoms with Gasteiger partial charge in [-0.05, 0) is 50.4 Å². The van der Waals surface area contributed by atoms with Crippen molar-refractivity contribution in [3.63, 3.8) is 0 Å². The predicted molar refractivity (Wildman–Crippen MR) is 134 cm³/mol. The van der Waals surface area contributed by atoms with E-state index in [1.54, 1.807) is 25.3 Å². The Balaban J connectivity index is 2.00. The van der Waals surface area contributed by atoms with Crippen LogP contribution >= 0.6 is 0 Å². The summed E-state index contributed by atoms with van der Waals surface area (Å²) in [6.45, 7) is 4.93. The topological polar surface area (TPSA) is 128 Å². The van der Waals surface area contributed by atoms with E-state index in [9.17, 15) is 32.2 Å². The molecule has 0 spiro atoms. The molecule has 1 unspecified atom stereocenters. The van der Waals surface area contributed by atoms with Gasteiger partial charge in [-0.25, -0.2) is 8.93 Å². The van der Waals surface area contributed by atoms with Gasteiger partial charge in [-0.2, -0.15) is 18.4 Å². The van der Waals surface area contributed by atoms with Crippen molar-refractivity contribution in [2.75, 3.05) is 0 Å². The lowest BCUT2D eigenvalue weighted by Crippen LogP contribution is -2.40. The van der Waals surface area contributed by atoms with Crippen LogP contribution < -0.4 is 20.2 Å². The van der Waals surface area contributed by atoms with Crippen molar-refractivity contribution in [3.8, 4) is 17.3 Å². The van der Waals surface area contributed by atoms with Crippen LogP contribution in [0, 0.1) is 18.4 Å². The average Bonchev–Trinajstić information content (AvgIpc) is 2.82. The second-order valence-corrected chi connectivity index (χ2v) is 10.7. The summed E-state index contributed by atoms with van der Waals surface area (Å²) in [7, 11) is -3.18. The van der Waals surface area contributed by atoms with Gasteiger partial charge >= 0.3 is 6.18 Å². The first-order chi connectivity index (χ1) is 17.7. The SMILES string of the molecule is C=S(=O)(NC#N)c1ccc(CNC(=O)c2cn(C(C)C)c(C)c(-c3cccc(C(F)(F)F)c3)c2=O)[n+](O)c1. The van der Waals surface area contributed by atoms with E-state index in [1.165, 1.54) is 36.7 Å². The number of alkyl halides is 3. The number of hydrogen-bond donors (Lipinski definition) is 3. The summed E-state index contributed by atoms with van der Waals surface area (Å²) >= 11 is 0. The molecule has 200 valence electrons. The number of aromatic nitrogens is 2. The lowest BCUT2D eigenvalue weighted by molar-refractivity contribution is -0.911. The predicted octanol–water partition coefficient (Wildman–Crippen LogP) is 2.94. The fourth-order valence-corrected chi connectivity index (χ4v) is 4.67. The van der Waals surface area contributed by atoms with Crippen molar-refractivity contribution in [2.24, 2.45) is 0 Å². The first-order valence-corrected chi connectivity index (χ1v) is 12.9. The summed E-state index contributed by atoms with van der Waals surface area (Å²) in [4.78, 5) is 26.5. The number of nitrogens with zero attached hydrogens (tertiary/aromatic N) is 3. The summed E-state index contributed by atoms with van der Waals surface area (Å²) < 4.78 is 56.5. The maximum atomic E-state index is 13.4. The van der Waals surface area contributed by atoms with Gasteiger partial charge in [0.15, 0.2) is 6.19 Å². The van der Waals surface area contributed by atoms with Gasteiger partial charge in [-0.3, -0.25) is 14.8 Å². The maximum Gasteiger partial charge on any atom is 0.416 e. The minimum absolute atomic E-state index is 0.0258. The quantitative estimate of drug-likeness (QED) is 0.138. The molecular formula is C25H25F3N5O4S+. The normalized spacial score (nSPS) is 13.0. The summed E-state index contributed by atoms with van der Waals surface area (Å²) in [5.41, 5.74) is -1.44. The van der Waals surface area contributed by atoms with Crippen LogP contribution in [0.4, 0.5) is 13.2 Å². The largest absolute Gasteiger partial charge is 0.416 e. The fourth-order valence-electron chi connectivity index (χ4n) is 3.85. The number of rotatable bonds is 7. The third kappa shape index (κ3) is 5.81. The minimum atomic E-state index is -4.61. The van der Waals surface area contributed by atoms with Crippen LogP contribution in [0.5, 0.6) is 0 Å². The molecule has 3 rings (SSSR count). The maximum absolute atomic E-state index is 13.4. The second-order valence-electron chi connectivity index (χ2n) is 8.68. The zero-order chi connectivity index (χ0) is 28.4. The van der Waals surface area contributed by atoms with E-state index in [0.29, 0.717) is 10.4 Å². The van der Waals surface area contributed by atoms with Gasteiger partial charge < -0.3 is 9.88 Å². The average molecular weight is 549 g/mol. The molecule has 0 bridgehead atoms. The number of carbonyl (C=O) groups excluding carboxylic acids is 1. The van der Waals surface area contributed by atoms with E-state index in [0.717, 1.165) is 18.3 Å². The highest BCUT2D eigenvalue weighted by Gasteiger charge is 2.31. The molecule has 1 atom stereocenters. The van der Waals surface area contributed by atoms with Gasteiger partial charge in [0.05, 0.1) is 15.3 Å². The number of benzene rings is 1. The van der Waals surface area contributed by atoms with E-state index in [4.69, 9.17) is 5.26 Å². The zero-order valence-corrected chi connectivity index (χ0v) is 21.5. The van der Waals surface area contributed by atoms with Crippen LogP contribution in [-0.2, 0) is 22.4 Å². The number of carbonyl (C=O) groups is 1. The van der Waals surface area contributed by atoms with Gasteiger partial charge in [0.2, 0.25) is 11.6 Å². The van der Waals surface area contributed by atoms with E-state index in [-0.39, 0.29) is 39.9 Å². The Kier molecular flexibility index (Phi) is 7.87. The van der Waals surface area contributed by atoms with Crippen LogP contribution in [0.15, 0.2) is 58.5 Å². The van der Waals surface area contributed by atoms with Gasteiger partial charge in [-0.15, -0.1) is 0 Å². The van der Waals surface area contributed by atoms with Gasteiger partial charge in [0.1, 0.15) is 17.0 Å². The number of amides is 1. The molecule has 13 heteroatoms. The fraction of sp³-hybridized carbons (Fsp3) is 0.240. The number of nitriles is 1. The highest BCUT2D eigenvalue weighted by Crippen LogP contribution is 2.32. The van der Waals surface area contributed by atoms with E-state index in [2.05, 4.69) is 11.2 Å². The Labute approximate surface area is 216 Å². The van der Waals surface area contributed by atoms with E-state index in [1.807, 2.05) is 4.72 Å². The lowest BCUT2D eigenvalue weighted by atomic mass is 9.98. The highest BCUT2D eigenvalue weighted by molar-refractivity contribution is 7.98. The van der Waals surface area contributed by atoms with Crippen molar-refractivity contribution < 1.29 is 32.1 Å². The Morgan fingerprint density at radius 3 is 2.55 bits per heavy atom. The van der Waals surface area contributed by atoms with Gasteiger partial charge in [0.25, 0.3) is 11.6 Å². The molecule has 0 saturated carbocycles. The molecular weight excluding hydrogens is 523 g/mol. The van der Waals surface area contributed by atoms with Crippen LogP contribution in [0.25, 0.3) is 11.1 Å². The molecule has 0 fully saturated rings. The Morgan fingerprint density at radius 1 is 1.29 bits per heavy atom. The van der Waals surface area contributed by atoms with E-state index < -0.39 is 32.8 Å². The lowest BCUT2D eigenvalue weighted by Gasteiger charge is -2.20. The summed E-state index contributed by atoms with van der Waals surface area (Å²) in [5.74, 6) is 2.60. The molecule has 2 heterocycles. The first-order valence-electron chi connectivity index (χ1n) is 11.2. The molecule has 9 nitrogen and oxygen atoms in total. The van der Waals surface area contributed by atoms with Crippen molar-refractivity contribution in [1.29, 1.82) is 5.26 Å². The molecule has 3 N–H and O–H groups in total. The molecule has 2 aromatic heterocycles. The molecule has 0 radical (unpaired) electrons. The van der Waals surface area contributed by atoms with Crippen molar-refractivity contribution >= 4 is 21.5 Å². The van der Waals surface area contributed by atoms with E-state index >= 15 is 0 Å². The molecule has 0 aliphatic carbocycles. The van der Waals surface area contributed by atoms with Crippen LogP contribution in [-0.4, -0.2) is 25.8 Å². The molecule has 0 aliphatic heterocycles. The molecule has 38 heavy (non-hydrogen) atoms. The smallest absolute Gasteiger partial charge is 0.348 e. The van der Waals surface area contributed by atoms with Crippen molar-refractivity contribution in [2.45, 2.75) is 44.4 Å². The molecule has 3 aromatic rings. The van der Waals surface area contributed by atoms with Gasteiger partial charge in [0, 0.05) is 34.3 Å². The Bertz CT molecular complexity index is 1610. The summed E-state index contributed by atoms with van der Waals surface area (Å²) in [6.07, 6.45) is -0.687. The Hall–Kier alpha value is -4.31. The molecule has 1 amide bonds. The second kappa shape index (κ2) is 10.6. The number of nitrogens with one attached hydrogen (secondary N) is 2. The summed E-state index contributed by atoms with van der Waals surface area (Å²) in [5, 5.41) is 21.5. The van der Waals surface area contributed by atoms with Crippen molar-refractivity contribution in [3.05, 3.63) is 81.5 Å². The zero-order valence-electron chi connectivity index (χ0n) is 20.7. The third-order valence-corrected chi connectivity index (χ3v) is 7.20. The van der Waals surface area contributed by atoms with Crippen molar-refractivity contribution in [1.82, 2.24) is 14.6 Å². The summed E-state index contributed by atoms with van der Waals surface area (Å²) in [6, 6.07) is 6.81. The van der Waals surface area contributed by atoms with Gasteiger partial charge in [-0.1, -0.05) is 12.1 Å². The number of hydrogen-bond acceptors (Lipinski definition) is 5. The molecule has 0 saturated heterocycles.